The Hall–Kier alpha value is -2.66. The highest BCUT2D eigenvalue weighted by Crippen LogP contribution is 2.26. The Morgan fingerprint density at radius 1 is 1.04 bits per heavy atom. The Kier molecular flexibility index (Phi) is 5.23. The fourth-order valence-corrected chi connectivity index (χ4v) is 2.75. The Bertz CT molecular complexity index is 687. The van der Waals surface area contributed by atoms with Gasteiger partial charge in [-0.2, -0.15) is 0 Å². The van der Waals surface area contributed by atoms with Gasteiger partial charge in [-0.25, -0.2) is 5.48 Å². The zero-order valence-electron chi connectivity index (χ0n) is 13.2. The fraction of sp³-hybridized carbons (Fsp3) is 0.263. The molecular formula is C19H19NO4. The van der Waals surface area contributed by atoms with Crippen LogP contribution in [0.3, 0.4) is 0 Å². The highest BCUT2D eigenvalue weighted by atomic mass is 16.7. The molecule has 2 aromatic rings. The summed E-state index contributed by atoms with van der Waals surface area (Å²) in [5, 5.41) is 0. The second-order valence-corrected chi connectivity index (χ2v) is 5.77. The maximum Gasteiger partial charge on any atom is 0.310 e. The molecule has 0 spiro atoms. The van der Waals surface area contributed by atoms with Gasteiger partial charge < -0.3 is 4.74 Å². The van der Waals surface area contributed by atoms with Crippen LogP contribution >= 0.6 is 0 Å². The predicted octanol–water partition coefficient (Wildman–Crippen LogP) is 2.27. The van der Waals surface area contributed by atoms with Gasteiger partial charge in [0, 0.05) is 0 Å². The summed E-state index contributed by atoms with van der Waals surface area (Å²) in [5.74, 6) is -1.67. The summed E-state index contributed by atoms with van der Waals surface area (Å²) in [6, 6.07) is 19.1. The molecule has 0 bridgehead atoms. The number of benzene rings is 2. The van der Waals surface area contributed by atoms with E-state index in [0.29, 0.717) is 6.42 Å². The van der Waals surface area contributed by atoms with Gasteiger partial charge in [-0.3, -0.25) is 14.4 Å². The lowest BCUT2D eigenvalue weighted by molar-refractivity contribution is -0.143. The number of ether oxygens (including phenoxy) is 1. The lowest BCUT2D eigenvalue weighted by atomic mass is 9.89. The van der Waals surface area contributed by atoms with Crippen LogP contribution in [0.4, 0.5) is 0 Å². The molecule has 124 valence electrons. The van der Waals surface area contributed by atoms with Crippen molar-refractivity contribution >= 4 is 11.9 Å². The lowest BCUT2D eigenvalue weighted by Crippen LogP contribution is -2.36. The molecule has 1 saturated heterocycles. The SMILES string of the molecule is O=C(NOCc1ccccc1)C1COC(=O)C1Cc1ccccc1. The van der Waals surface area contributed by atoms with Crippen LogP contribution in [-0.2, 0) is 32.2 Å². The summed E-state index contributed by atoms with van der Waals surface area (Å²) in [6.07, 6.45) is 0.483. The number of carbonyl (C=O) groups is 2. The molecule has 0 aromatic heterocycles. The predicted molar refractivity (Wildman–Crippen MR) is 87.5 cm³/mol. The third-order valence-electron chi connectivity index (χ3n) is 4.08. The summed E-state index contributed by atoms with van der Waals surface area (Å²) >= 11 is 0. The molecule has 0 aliphatic carbocycles. The molecule has 1 fully saturated rings. The lowest BCUT2D eigenvalue weighted by Gasteiger charge is -2.15. The quantitative estimate of drug-likeness (QED) is 0.654. The summed E-state index contributed by atoms with van der Waals surface area (Å²) in [6.45, 7) is 0.369. The highest BCUT2D eigenvalue weighted by Gasteiger charge is 2.41. The Balaban J connectivity index is 1.55. The highest BCUT2D eigenvalue weighted by molar-refractivity contribution is 5.87. The van der Waals surface area contributed by atoms with Gasteiger partial charge in [0.1, 0.15) is 6.61 Å². The monoisotopic (exact) mass is 325 g/mol. The van der Waals surface area contributed by atoms with Gasteiger partial charge in [-0.1, -0.05) is 60.7 Å². The molecule has 24 heavy (non-hydrogen) atoms. The topological polar surface area (TPSA) is 64.6 Å². The molecule has 1 aliphatic rings. The number of cyclic esters (lactones) is 1. The number of hydrogen-bond donors (Lipinski definition) is 1. The van der Waals surface area contributed by atoms with Gasteiger partial charge in [-0.15, -0.1) is 0 Å². The van der Waals surface area contributed by atoms with E-state index in [0.717, 1.165) is 11.1 Å². The van der Waals surface area contributed by atoms with E-state index in [-0.39, 0.29) is 25.1 Å². The average molecular weight is 325 g/mol. The van der Waals surface area contributed by atoms with Crippen molar-refractivity contribution in [3.05, 3.63) is 71.8 Å². The molecule has 1 aliphatic heterocycles. The number of amides is 1. The fourth-order valence-electron chi connectivity index (χ4n) is 2.75. The molecule has 0 saturated carbocycles. The molecule has 2 unspecified atom stereocenters. The first-order chi connectivity index (χ1) is 11.7. The Morgan fingerprint density at radius 3 is 2.33 bits per heavy atom. The van der Waals surface area contributed by atoms with E-state index in [4.69, 9.17) is 9.57 Å². The Morgan fingerprint density at radius 2 is 1.67 bits per heavy atom. The molecular weight excluding hydrogens is 306 g/mol. The summed E-state index contributed by atoms with van der Waals surface area (Å²) in [4.78, 5) is 29.5. The summed E-state index contributed by atoms with van der Waals surface area (Å²) in [5.41, 5.74) is 4.40. The van der Waals surface area contributed by atoms with Gasteiger partial charge in [0.05, 0.1) is 18.4 Å². The number of nitrogens with one attached hydrogen (secondary N) is 1. The van der Waals surface area contributed by atoms with Crippen molar-refractivity contribution in [3.63, 3.8) is 0 Å². The number of hydroxylamine groups is 1. The van der Waals surface area contributed by atoms with E-state index in [1.165, 1.54) is 0 Å². The van der Waals surface area contributed by atoms with E-state index in [1.54, 1.807) is 0 Å². The first-order valence-corrected chi connectivity index (χ1v) is 7.90. The van der Waals surface area contributed by atoms with Crippen LogP contribution in [0, 0.1) is 11.8 Å². The smallest absolute Gasteiger partial charge is 0.310 e. The molecule has 1 amide bonds. The second kappa shape index (κ2) is 7.75. The number of hydrogen-bond acceptors (Lipinski definition) is 4. The van der Waals surface area contributed by atoms with E-state index >= 15 is 0 Å². The van der Waals surface area contributed by atoms with Crippen molar-refractivity contribution in [3.8, 4) is 0 Å². The van der Waals surface area contributed by atoms with Crippen molar-refractivity contribution in [1.29, 1.82) is 0 Å². The first-order valence-electron chi connectivity index (χ1n) is 7.90. The van der Waals surface area contributed by atoms with Gasteiger partial charge in [0.2, 0.25) is 0 Å². The normalized spacial score (nSPS) is 19.8. The largest absolute Gasteiger partial charge is 0.465 e. The summed E-state index contributed by atoms with van der Waals surface area (Å²) < 4.78 is 5.08. The van der Waals surface area contributed by atoms with Gasteiger partial charge in [0.15, 0.2) is 0 Å². The zero-order chi connectivity index (χ0) is 16.8. The average Bonchev–Trinajstić information content (AvgIpc) is 2.97. The number of esters is 1. The van der Waals surface area contributed by atoms with Crippen molar-refractivity contribution in [2.45, 2.75) is 13.0 Å². The van der Waals surface area contributed by atoms with Gasteiger partial charge in [0.25, 0.3) is 5.91 Å². The number of carbonyl (C=O) groups excluding carboxylic acids is 2. The molecule has 1 N–H and O–H groups in total. The van der Waals surface area contributed by atoms with E-state index in [9.17, 15) is 9.59 Å². The van der Waals surface area contributed by atoms with Crippen LogP contribution in [0.1, 0.15) is 11.1 Å². The van der Waals surface area contributed by atoms with Crippen LogP contribution in [0.2, 0.25) is 0 Å². The van der Waals surface area contributed by atoms with Crippen LogP contribution in [0.5, 0.6) is 0 Å². The van der Waals surface area contributed by atoms with Crippen molar-refractivity contribution in [2.24, 2.45) is 11.8 Å². The maximum absolute atomic E-state index is 12.3. The van der Waals surface area contributed by atoms with Crippen LogP contribution < -0.4 is 5.48 Å². The molecule has 5 heteroatoms. The van der Waals surface area contributed by atoms with Crippen molar-refractivity contribution < 1.29 is 19.2 Å². The zero-order valence-corrected chi connectivity index (χ0v) is 13.2. The summed E-state index contributed by atoms with van der Waals surface area (Å²) in [7, 11) is 0. The molecule has 1 heterocycles. The van der Waals surface area contributed by atoms with Crippen LogP contribution in [-0.4, -0.2) is 18.5 Å². The first kappa shape index (κ1) is 16.2. The minimum absolute atomic E-state index is 0.0941. The van der Waals surface area contributed by atoms with Gasteiger partial charge >= 0.3 is 5.97 Å². The molecule has 0 radical (unpaired) electrons. The van der Waals surface area contributed by atoms with E-state index < -0.39 is 11.8 Å². The molecule has 2 atom stereocenters. The van der Waals surface area contributed by atoms with Crippen molar-refractivity contribution in [1.82, 2.24) is 5.48 Å². The standard InChI is InChI=1S/C19H19NO4/c21-18(20-24-12-15-9-5-2-6-10-15)17-13-23-19(22)16(17)11-14-7-3-1-4-8-14/h1-10,16-17H,11-13H2,(H,20,21). The molecule has 2 aromatic carbocycles. The third kappa shape index (κ3) is 4.00. The molecule has 3 rings (SSSR count). The van der Waals surface area contributed by atoms with E-state index in [1.807, 2.05) is 60.7 Å². The minimum Gasteiger partial charge on any atom is -0.465 e. The minimum atomic E-state index is -0.534. The Labute approximate surface area is 140 Å². The maximum atomic E-state index is 12.3. The van der Waals surface area contributed by atoms with Gasteiger partial charge in [-0.05, 0) is 17.5 Å². The molecule has 5 nitrogen and oxygen atoms in total. The number of rotatable bonds is 6. The van der Waals surface area contributed by atoms with Crippen molar-refractivity contribution in [2.75, 3.05) is 6.61 Å². The van der Waals surface area contributed by atoms with E-state index in [2.05, 4.69) is 5.48 Å². The third-order valence-corrected chi connectivity index (χ3v) is 4.08. The second-order valence-electron chi connectivity index (χ2n) is 5.77. The van der Waals surface area contributed by atoms with Crippen LogP contribution in [0.15, 0.2) is 60.7 Å². The van der Waals surface area contributed by atoms with Crippen LogP contribution in [0.25, 0.3) is 0 Å².